The van der Waals surface area contributed by atoms with Gasteiger partial charge >= 0.3 is 5.97 Å². The zero-order valence-electron chi connectivity index (χ0n) is 10.5. The van der Waals surface area contributed by atoms with Crippen molar-refractivity contribution in [3.63, 3.8) is 0 Å². The normalized spacial score (nSPS) is 12.0. The van der Waals surface area contributed by atoms with Crippen LogP contribution in [0.5, 0.6) is 0 Å². The Kier molecular flexibility index (Phi) is 2.45. The van der Waals surface area contributed by atoms with Crippen LogP contribution >= 0.6 is 0 Å². The largest absolute Gasteiger partial charge is 0.478 e. The van der Waals surface area contributed by atoms with Gasteiger partial charge in [-0.1, -0.05) is 20.8 Å². The van der Waals surface area contributed by atoms with Gasteiger partial charge in [0.25, 0.3) is 0 Å². The minimum absolute atomic E-state index is 0.0584. The Bertz CT molecular complexity index is 591. The summed E-state index contributed by atoms with van der Waals surface area (Å²) >= 11 is 0. The molecule has 0 unspecified atom stereocenters. The molecule has 0 aliphatic carbocycles. The summed E-state index contributed by atoms with van der Waals surface area (Å²) in [4.78, 5) is 15.5. The standard InChI is InChI=1S/C13H16N2O2/c1-13(2,3)12-14-9-6-5-8(11(16)17)7-10(9)15(12)4/h5-7H,1-4H3,(H,16,17). The van der Waals surface area contributed by atoms with Crippen LogP contribution in [0.4, 0.5) is 0 Å². The molecule has 4 nitrogen and oxygen atoms in total. The quantitative estimate of drug-likeness (QED) is 0.822. The fourth-order valence-corrected chi connectivity index (χ4v) is 1.99. The molecule has 90 valence electrons. The molecule has 0 spiro atoms. The van der Waals surface area contributed by atoms with E-state index < -0.39 is 5.97 Å². The Hall–Kier alpha value is -1.84. The number of hydrogen-bond acceptors (Lipinski definition) is 2. The summed E-state index contributed by atoms with van der Waals surface area (Å²) in [6.45, 7) is 6.27. The zero-order valence-corrected chi connectivity index (χ0v) is 10.5. The first-order valence-electron chi connectivity index (χ1n) is 5.51. The van der Waals surface area contributed by atoms with Crippen molar-refractivity contribution in [3.05, 3.63) is 29.6 Å². The number of hydrogen-bond donors (Lipinski definition) is 1. The number of nitrogens with zero attached hydrogens (tertiary/aromatic N) is 2. The van der Waals surface area contributed by atoms with Gasteiger partial charge in [-0.15, -0.1) is 0 Å². The average Bonchev–Trinajstić information content (AvgIpc) is 2.55. The van der Waals surface area contributed by atoms with Crippen molar-refractivity contribution in [2.75, 3.05) is 0 Å². The summed E-state index contributed by atoms with van der Waals surface area (Å²) in [7, 11) is 1.92. The van der Waals surface area contributed by atoms with E-state index in [0.717, 1.165) is 16.9 Å². The van der Waals surface area contributed by atoms with E-state index in [1.54, 1.807) is 18.2 Å². The fraction of sp³-hybridized carbons (Fsp3) is 0.385. The van der Waals surface area contributed by atoms with E-state index in [2.05, 4.69) is 25.8 Å². The van der Waals surface area contributed by atoms with E-state index in [-0.39, 0.29) is 5.41 Å². The predicted octanol–water partition coefficient (Wildman–Crippen LogP) is 2.57. The summed E-state index contributed by atoms with van der Waals surface area (Å²) in [5.74, 6) is 0.0421. The Morgan fingerprint density at radius 1 is 1.35 bits per heavy atom. The molecule has 0 amide bonds. The topological polar surface area (TPSA) is 55.1 Å². The lowest BCUT2D eigenvalue weighted by Gasteiger charge is -2.17. The van der Waals surface area contributed by atoms with Crippen molar-refractivity contribution in [2.45, 2.75) is 26.2 Å². The lowest BCUT2D eigenvalue weighted by Crippen LogP contribution is -2.17. The first-order chi connectivity index (χ1) is 7.80. The maximum atomic E-state index is 10.9. The highest BCUT2D eigenvalue weighted by molar-refractivity contribution is 5.92. The van der Waals surface area contributed by atoms with Crippen molar-refractivity contribution < 1.29 is 9.90 Å². The van der Waals surface area contributed by atoms with Crippen LogP contribution in [-0.2, 0) is 12.5 Å². The smallest absolute Gasteiger partial charge is 0.335 e. The third kappa shape index (κ3) is 1.90. The predicted molar refractivity (Wildman–Crippen MR) is 66.4 cm³/mol. The van der Waals surface area contributed by atoms with Gasteiger partial charge in [0.15, 0.2) is 0 Å². The first-order valence-corrected chi connectivity index (χ1v) is 5.51. The van der Waals surface area contributed by atoms with Crippen molar-refractivity contribution >= 4 is 17.0 Å². The highest BCUT2D eigenvalue weighted by Gasteiger charge is 2.21. The van der Waals surface area contributed by atoms with Crippen molar-refractivity contribution in [2.24, 2.45) is 7.05 Å². The number of carbonyl (C=O) groups is 1. The molecule has 2 rings (SSSR count). The minimum atomic E-state index is -0.912. The third-order valence-corrected chi connectivity index (χ3v) is 2.80. The number of fused-ring (bicyclic) bond motifs is 1. The van der Waals surface area contributed by atoms with E-state index in [9.17, 15) is 4.79 Å². The van der Waals surface area contributed by atoms with Crippen LogP contribution in [-0.4, -0.2) is 20.6 Å². The van der Waals surface area contributed by atoms with Gasteiger partial charge in [0.1, 0.15) is 5.82 Å². The van der Waals surface area contributed by atoms with Crippen molar-refractivity contribution in [1.29, 1.82) is 0 Å². The number of aromatic carboxylic acids is 1. The van der Waals surface area contributed by atoms with E-state index in [1.165, 1.54) is 0 Å². The number of aromatic nitrogens is 2. The molecule has 0 bridgehead atoms. The van der Waals surface area contributed by atoms with E-state index >= 15 is 0 Å². The van der Waals surface area contributed by atoms with Crippen molar-refractivity contribution in [1.82, 2.24) is 9.55 Å². The molecule has 2 aromatic rings. The van der Waals surface area contributed by atoms with Gasteiger partial charge < -0.3 is 9.67 Å². The van der Waals surface area contributed by atoms with Gasteiger partial charge in [-0.05, 0) is 18.2 Å². The summed E-state index contributed by atoms with van der Waals surface area (Å²) in [5.41, 5.74) is 1.93. The monoisotopic (exact) mass is 232 g/mol. The van der Waals surface area contributed by atoms with Gasteiger partial charge in [0.05, 0.1) is 16.6 Å². The minimum Gasteiger partial charge on any atom is -0.478 e. The summed E-state index contributed by atoms with van der Waals surface area (Å²) in [5, 5.41) is 8.97. The van der Waals surface area contributed by atoms with Gasteiger partial charge in [-0.25, -0.2) is 9.78 Å². The lowest BCUT2D eigenvalue weighted by molar-refractivity contribution is 0.0697. The molecule has 1 aromatic carbocycles. The van der Waals surface area contributed by atoms with Gasteiger partial charge in [0.2, 0.25) is 0 Å². The molecule has 0 aliphatic rings. The second-order valence-corrected chi connectivity index (χ2v) is 5.25. The molecule has 0 aliphatic heterocycles. The van der Waals surface area contributed by atoms with E-state index in [1.807, 2.05) is 11.6 Å². The molecule has 0 fully saturated rings. The van der Waals surface area contributed by atoms with E-state index in [0.29, 0.717) is 5.56 Å². The highest BCUT2D eigenvalue weighted by atomic mass is 16.4. The van der Waals surface area contributed by atoms with Crippen LogP contribution in [0.25, 0.3) is 11.0 Å². The summed E-state index contributed by atoms with van der Waals surface area (Å²) < 4.78 is 1.96. The second kappa shape index (κ2) is 3.58. The molecule has 1 aromatic heterocycles. The maximum absolute atomic E-state index is 10.9. The molecule has 0 saturated carbocycles. The lowest BCUT2D eigenvalue weighted by atomic mass is 9.96. The molecule has 1 N–H and O–H groups in total. The van der Waals surface area contributed by atoms with Crippen LogP contribution in [0.1, 0.15) is 37.0 Å². The van der Waals surface area contributed by atoms with Crippen LogP contribution in [0.3, 0.4) is 0 Å². The number of benzene rings is 1. The third-order valence-electron chi connectivity index (χ3n) is 2.80. The van der Waals surface area contributed by atoms with Crippen LogP contribution < -0.4 is 0 Å². The van der Waals surface area contributed by atoms with Gasteiger partial charge in [-0.3, -0.25) is 0 Å². The van der Waals surface area contributed by atoms with Crippen LogP contribution in [0.15, 0.2) is 18.2 Å². The van der Waals surface area contributed by atoms with Gasteiger partial charge in [0, 0.05) is 12.5 Å². The molecular weight excluding hydrogens is 216 g/mol. The Morgan fingerprint density at radius 2 is 2.00 bits per heavy atom. The number of carboxylic acid groups (broad SMARTS) is 1. The Labute approximate surface area is 99.9 Å². The fourth-order valence-electron chi connectivity index (χ4n) is 1.99. The highest BCUT2D eigenvalue weighted by Crippen LogP contribution is 2.25. The number of aryl methyl sites for hydroxylation is 1. The summed E-state index contributed by atoms with van der Waals surface area (Å²) in [6, 6.07) is 5.01. The van der Waals surface area contributed by atoms with Crippen LogP contribution in [0, 0.1) is 0 Å². The molecule has 0 atom stereocenters. The van der Waals surface area contributed by atoms with Gasteiger partial charge in [-0.2, -0.15) is 0 Å². The van der Waals surface area contributed by atoms with Crippen LogP contribution in [0.2, 0.25) is 0 Å². The second-order valence-electron chi connectivity index (χ2n) is 5.25. The molecule has 4 heteroatoms. The van der Waals surface area contributed by atoms with E-state index in [4.69, 9.17) is 5.11 Å². The van der Waals surface area contributed by atoms with Crippen molar-refractivity contribution in [3.8, 4) is 0 Å². The molecule has 0 saturated heterocycles. The SMILES string of the molecule is Cn1c(C(C)(C)C)nc2ccc(C(=O)O)cc21. The summed E-state index contributed by atoms with van der Waals surface area (Å²) in [6.07, 6.45) is 0. The molecule has 1 heterocycles. The Balaban J connectivity index is 2.71. The number of imidazole rings is 1. The zero-order chi connectivity index (χ0) is 12.8. The maximum Gasteiger partial charge on any atom is 0.335 e. The molecule has 17 heavy (non-hydrogen) atoms. The molecular formula is C13H16N2O2. The molecule has 0 radical (unpaired) electrons. The average molecular weight is 232 g/mol. The number of carboxylic acids is 1. The first kappa shape index (κ1) is 11.6. The Morgan fingerprint density at radius 3 is 2.53 bits per heavy atom. The number of rotatable bonds is 1.